The van der Waals surface area contributed by atoms with Crippen LogP contribution < -0.4 is 37.4 Å². The first kappa shape index (κ1) is 56.2. The molecule has 9 N–H and O–H groups in total. The van der Waals surface area contributed by atoms with Crippen LogP contribution in [0.2, 0.25) is 0 Å². The van der Waals surface area contributed by atoms with Crippen LogP contribution in [-0.4, -0.2) is 173 Å². The van der Waals surface area contributed by atoms with Gasteiger partial charge in [0.2, 0.25) is 11.8 Å². The van der Waals surface area contributed by atoms with Gasteiger partial charge in [0.05, 0.1) is 84.1 Å². The molecule has 1 saturated heterocycles. The number of aliphatic hydroxyl groups is 3. The van der Waals surface area contributed by atoms with Crippen molar-refractivity contribution in [3.63, 3.8) is 0 Å². The highest BCUT2D eigenvalue weighted by Crippen LogP contribution is 2.34. The van der Waals surface area contributed by atoms with Gasteiger partial charge in [0.15, 0.2) is 6.67 Å². The van der Waals surface area contributed by atoms with Crippen molar-refractivity contribution >= 4 is 35.1 Å². The van der Waals surface area contributed by atoms with Crippen molar-refractivity contribution in [2.24, 2.45) is 0 Å². The number of aliphatic carboxylic acids is 1. The lowest BCUT2D eigenvalue weighted by Crippen LogP contribution is -2.68. The molecule has 0 unspecified atom stereocenters. The lowest BCUT2D eigenvalue weighted by molar-refractivity contribution is -0.310. The summed E-state index contributed by atoms with van der Waals surface area (Å²) >= 11 is 0. The standard InChI is InChI=1S/C47H66FN5O16/c1-31(54)49-16-19-64-21-23-66-25-26-67-24-22-65-20-17-51-41-40(43(60)44(41)61)50-15-7-2-3-8-18-68-47(46(62)63)28-35(55)39(53-38(58)29-48)45(69-47)42(59)36(56)30-52-37(57)27-32-11-13-34(14-12-32)33-9-5-4-6-10-33/h4-6,9-14,35-36,39,42,45,50-51,55-56,59H,2-3,7-8,15-30H2,1H3,(H,49,54)(H,52,57)(H,53,58)(H,62,63)/t35-,36+,39+,42+,45+,47+/m0/s1. The van der Waals surface area contributed by atoms with E-state index in [2.05, 4.69) is 26.6 Å². The van der Waals surface area contributed by atoms with Crippen molar-refractivity contribution < 1.29 is 72.4 Å². The molecule has 21 nitrogen and oxygen atoms in total. The van der Waals surface area contributed by atoms with Crippen LogP contribution in [0.5, 0.6) is 0 Å². The Morgan fingerprint density at radius 1 is 0.725 bits per heavy atom. The van der Waals surface area contributed by atoms with Crippen molar-refractivity contribution in [3.8, 4) is 11.1 Å². The fourth-order valence-corrected chi connectivity index (χ4v) is 7.26. The third-order valence-corrected chi connectivity index (χ3v) is 10.9. The highest BCUT2D eigenvalue weighted by atomic mass is 19.1. The Morgan fingerprint density at radius 3 is 1.88 bits per heavy atom. The van der Waals surface area contributed by atoms with E-state index in [1.807, 2.05) is 42.5 Å². The molecule has 1 aliphatic rings. The number of benzene rings is 2. The number of carbonyl (C=O) groups is 4. The largest absolute Gasteiger partial charge is 0.477 e. The Bertz CT molecular complexity index is 2090. The number of rotatable bonds is 35. The van der Waals surface area contributed by atoms with Gasteiger partial charge in [-0.15, -0.1) is 0 Å². The fourth-order valence-electron chi connectivity index (χ4n) is 7.26. The van der Waals surface area contributed by atoms with E-state index >= 15 is 0 Å². The Labute approximate surface area is 399 Å². The summed E-state index contributed by atoms with van der Waals surface area (Å²) in [5, 5.41) is 56.6. The van der Waals surface area contributed by atoms with Crippen molar-refractivity contribution in [1.29, 1.82) is 0 Å². The minimum absolute atomic E-state index is 0.0627. The molecule has 0 saturated carbocycles. The molecule has 0 bridgehead atoms. The summed E-state index contributed by atoms with van der Waals surface area (Å²) in [6.45, 7) is 3.18. The normalized spacial score (nSPS) is 18.8. The summed E-state index contributed by atoms with van der Waals surface area (Å²) in [7, 11) is 0. The van der Waals surface area contributed by atoms with E-state index < -0.39 is 84.5 Å². The van der Waals surface area contributed by atoms with Gasteiger partial charge >= 0.3 is 5.97 Å². The number of hydrogen-bond acceptors (Lipinski definition) is 17. The highest BCUT2D eigenvalue weighted by molar-refractivity contribution is 5.79. The number of alkyl halides is 1. The van der Waals surface area contributed by atoms with Crippen LogP contribution >= 0.6 is 0 Å². The first-order valence-electron chi connectivity index (χ1n) is 23.0. The van der Waals surface area contributed by atoms with Gasteiger partial charge in [-0.3, -0.25) is 24.0 Å². The van der Waals surface area contributed by atoms with Gasteiger partial charge in [-0.05, 0) is 29.5 Å². The third-order valence-electron chi connectivity index (χ3n) is 10.9. The lowest BCUT2D eigenvalue weighted by atomic mass is 9.88. The van der Waals surface area contributed by atoms with Crippen LogP contribution in [0.25, 0.3) is 11.1 Å². The zero-order chi connectivity index (χ0) is 50.0. The maximum atomic E-state index is 13.3. The quantitative estimate of drug-likeness (QED) is 0.0277. The number of carboxylic acid groups (broad SMARTS) is 1. The van der Waals surface area contributed by atoms with Gasteiger partial charge in [0.25, 0.3) is 22.6 Å². The second-order valence-electron chi connectivity index (χ2n) is 16.2. The van der Waals surface area contributed by atoms with Crippen LogP contribution in [0.4, 0.5) is 15.8 Å². The first-order chi connectivity index (χ1) is 33.3. The molecular weight excluding hydrogens is 910 g/mol. The molecule has 1 heterocycles. The molecule has 69 heavy (non-hydrogen) atoms. The Balaban J connectivity index is 1.13. The van der Waals surface area contributed by atoms with Gasteiger partial charge in [-0.2, -0.15) is 0 Å². The average Bonchev–Trinajstić information content (AvgIpc) is 3.34. The molecule has 4 rings (SSSR count). The van der Waals surface area contributed by atoms with E-state index in [1.54, 1.807) is 12.1 Å². The van der Waals surface area contributed by atoms with Gasteiger partial charge < -0.3 is 75.4 Å². The smallest absolute Gasteiger partial charge is 0.364 e. The first-order valence-corrected chi connectivity index (χ1v) is 23.0. The maximum Gasteiger partial charge on any atom is 0.364 e. The Kier molecular flexibility index (Phi) is 24.6. The second kappa shape index (κ2) is 30.2. The molecule has 22 heteroatoms. The number of amides is 3. The van der Waals surface area contributed by atoms with E-state index in [-0.39, 0.29) is 43.5 Å². The number of nitrogens with one attached hydrogen (secondary N) is 5. The lowest BCUT2D eigenvalue weighted by Gasteiger charge is -2.46. The average molecular weight is 976 g/mol. The number of carbonyl (C=O) groups excluding carboxylic acids is 3. The SMILES string of the molecule is CC(=O)NCCOCCOCCOCCOCCNc1c(NCCCCCCO[C@]2(C(=O)O)C[C@H](O)[C@@H](NC(=O)CF)[C@H]([C@H](O)[C@H](O)CNC(=O)Cc3ccc(-c4ccccc4)cc3)O2)c(=O)c1=O. The molecule has 382 valence electrons. The molecule has 0 aromatic heterocycles. The minimum atomic E-state index is -2.53. The number of hydrogen-bond donors (Lipinski definition) is 9. The van der Waals surface area contributed by atoms with Gasteiger partial charge in [0.1, 0.15) is 23.6 Å². The van der Waals surface area contributed by atoms with Crippen molar-refractivity contribution in [1.82, 2.24) is 16.0 Å². The predicted molar refractivity (Wildman–Crippen MR) is 249 cm³/mol. The summed E-state index contributed by atoms with van der Waals surface area (Å²) in [5.41, 5.74) is 1.70. The second-order valence-corrected chi connectivity index (χ2v) is 16.2. The number of unbranched alkanes of at least 4 members (excludes halogenated alkanes) is 3. The van der Waals surface area contributed by atoms with E-state index in [0.29, 0.717) is 90.6 Å². The fraction of sp³-hybridized carbons (Fsp3) is 0.574. The van der Waals surface area contributed by atoms with E-state index in [0.717, 1.165) is 11.1 Å². The van der Waals surface area contributed by atoms with Crippen LogP contribution in [0.1, 0.15) is 44.6 Å². The minimum Gasteiger partial charge on any atom is -0.477 e. The summed E-state index contributed by atoms with van der Waals surface area (Å²) in [5.74, 6) is -5.99. The molecule has 0 radical (unpaired) electrons. The number of anilines is 2. The molecule has 3 aromatic carbocycles. The molecule has 0 aliphatic carbocycles. The molecule has 6 atom stereocenters. The summed E-state index contributed by atoms with van der Waals surface area (Å²) in [6, 6.07) is 15.4. The van der Waals surface area contributed by atoms with Crippen molar-refractivity contribution in [2.75, 3.05) is 103 Å². The van der Waals surface area contributed by atoms with E-state index in [9.17, 15) is 53.6 Å². The molecule has 1 fully saturated rings. The van der Waals surface area contributed by atoms with Crippen molar-refractivity contribution in [2.45, 2.75) is 81.7 Å². The monoisotopic (exact) mass is 975 g/mol. The molecule has 0 spiro atoms. The van der Waals surface area contributed by atoms with Crippen molar-refractivity contribution in [3.05, 3.63) is 80.6 Å². The van der Waals surface area contributed by atoms with E-state index in [4.69, 9.17) is 28.4 Å². The Morgan fingerprint density at radius 2 is 1.29 bits per heavy atom. The highest BCUT2D eigenvalue weighted by Gasteiger charge is 2.55. The van der Waals surface area contributed by atoms with Crippen LogP contribution in [-0.2, 0) is 54.0 Å². The summed E-state index contributed by atoms with van der Waals surface area (Å²) in [6.07, 6.45) is -6.12. The predicted octanol–water partition coefficient (Wildman–Crippen LogP) is 0.0186. The number of carboxylic acids is 1. The van der Waals surface area contributed by atoms with Crippen LogP contribution in [0.3, 0.4) is 0 Å². The maximum absolute atomic E-state index is 13.3. The van der Waals surface area contributed by atoms with Crippen LogP contribution in [0, 0.1) is 0 Å². The molecule has 1 aliphatic heterocycles. The van der Waals surface area contributed by atoms with Crippen LogP contribution in [0.15, 0.2) is 64.2 Å². The van der Waals surface area contributed by atoms with Gasteiger partial charge in [0, 0.05) is 39.5 Å². The molecular formula is C47H66FN5O16. The topological polar surface area (TPSA) is 299 Å². The number of halogens is 1. The Hall–Kier alpha value is -5.43. The molecule has 3 amide bonds. The van der Waals surface area contributed by atoms with E-state index in [1.165, 1.54) is 6.92 Å². The van der Waals surface area contributed by atoms with Gasteiger partial charge in [-0.25, -0.2) is 9.18 Å². The van der Waals surface area contributed by atoms with Gasteiger partial charge in [-0.1, -0.05) is 67.4 Å². The third kappa shape index (κ3) is 18.8. The zero-order valence-corrected chi connectivity index (χ0v) is 38.8. The summed E-state index contributed by atoms with van der Waals surface area (Å²) < 4.78 is 46.4. The summed E-state index contributed by atoms with van der Waals surface area (Å²) in [4.78, 5) is 72.6. The number of aliphatic hydroxyl groups excluding tert-OH is 3. The molecule has 3 aromatic rings. The zero-order valence-electron chi connectivity index (χ0n) is 38.8. The number of ether oxygens (including phenoxy) is 6.